The van der Waals surface area contributed by atoms with Crippen molar-refractivity contribution in [1.29, 1.82) is 0 Å². The van der Waals surface area contributed by atoms with Gasteiger partial charge in [0.1, 0.15) is 12.1 Å². The summed E-state index contributed by atoms with van der Waals surface area (Å²) < 4.78 is 93.9. The third-order valence-electron chi connectivity index (χ3n) is 7.38. The number of aldehydes is 1. The first-order valence-corrected chi connectivity index (χ1v) is 15.7. The number of anilines is 1. The fourth-order valence-electron chi connectivity index (χ4n) is 4.50. The number of nitrogens with one attached hydrogen (secondary N) is 2. The second-order valence-corrected chi connectivity index (χ2v) is 11.0. The number of terminal acetylenes is 1. The largest absolute Gasteiger partial charge is 0.416 e. The Morgan fingerprint density at radius 3 is 2.16 bits per heavy atom. The molecule has 2 N–H and O–H groups in total. The maximum Gasteiger partial charge on any atom is 0.416 e. The number of alkyl halides is 5. The van der Waals surface area contributed by atoms with Gasteiger partial charge < -0.3 is 10.6 Å². The normalized spacial score (nSPS) is 13.4. The molecule has 0 aliphatic rings. The van der Waals surface area contributed by atoms with E-state index < -0.39 is 29.3 Å². The van der Waals surface area contributed by atoms with Crippen molar-refractivity contribution in [3.63, 3.8) is 0 Å². The molecule has 0 aliphatic carbocycles. The highest BCUT2D eigenvalue weighted by Crippen LogP contribution is 2.37. The molecule has 0 fully saturated rings. The Kier molecular flexibility index (Phi) is 18.8. The number of allylic oxidation sites excluding steroid dienone is 7. The van der Waals surface area contributed by atoms with Crippen molar-refractivity contribution in [2.45, 2.75) is 79.3 Å². The van der Waals surface area contributed by atoms with E-state index in [0.717, 1.165) is 49.6 Å². The lowest BCUT2D eigenvalue weighted by atomic mass is 9.74. The molecule has 0 saturated heterocycles. The van der Waals surface area contributed by atoms with Crippen molar-refractivity contribution >= 4 is 17.5 Å². The van der Waals surface area contributed by atoms with Crippen LogP contribution in [0.2, 0.25) is 0 Å². The van der Waals surface area contributed by atoms with Gasteiger partial charge in [0.2, 0.25) is 0 Å². The molecule has 0 saturated carbocycles. The van der Waals surface area contributed by atoms with Crippen LogP contribution in [0.15, 0.2) is 90.8 Å². The number of halogens is 7. The third kappa shape index (κ3) is 13.9. The molecule has 49 heavy (non-hydrogen) atoms. The van der Waals surface area contributed by atoms with E-state index in [-0.39, 0.29) is 33.6 Å². The molecule has 0 amide bonds. The van der Waals surface area contributed by atoms with E-state index in [1.807, 2.05) is 20.8 Å². The third-order valence-corrected chi connectivity index (χ3v) is 7.38. The Bertz CT molecular complexity index is 1540. The lowest BCUT2D eigenvalue weighted by Gasteiger charge is -2.30. The summed E-state index contributed by atoms with van der Waals surface area (Å²) in [7, 11) is 1.52. The van der Waals surface area contributed by atoms with Crippen LogP contribution in [0.3, 0.4) is 0 Å². The molecule has 2 aromatic carbocycles. The van der Waals surface area contributed by atoms with E-state index >= 15 is 0 Å². The van der Waals surface area contributed by atoms with Gasteiger partial charge in [-0.05, 0) is 55.2 Å². The fraction of sp³-hybridized carbons (Fsp3) is 0.359. The lowest BCUT2D eigenvalue weighted by molar-refractivity contribution is -0.104. The highest BCUT2D eigenvalue weighted by atomic mass is 19.4. The summed E-state index contributed by atoms with van der Waals surface area (Å²) >= 11 is 0. The molecular weight excluding hydrogens is 645 g/mol. The van der Waals surface area contributed by atoms with Crippen LogP contribution in [0, 0.1) is 29.4 Å². The first kappa shape index (κ1) is 44.5. The van der Waals surface area contributed by atoms with Gasteiger partial charge in [-0.2, -0.15) is 13.2 Å². The molecule has 0 aromatic heterocycles. The molecule has 0 spiro atoms. The minimum absolute atomic E-state index is 0.0578. The molecule has 2 aromatic rings. The van der Waals surface area contributed by atoms with Gasteiger partial charge in [-0.15, -0.1) is 6.42 Å². The average Bonchev–Trinajstić information content (AvgIpc) is 3.06. The predicted octanol–water partition coefficient (Wildman–Crippen LogP) is 11.5. The second kappa shape index (κ2) is 20.8. The van der Waals surface area contributed by atoms with Crippen molar-refractivity contribution in [2.24, 2.45) is 5.41 Å². The number of carbonyl (C=O) groups is 1. The highest BCUT2D eigenvalue weighted by molar-refractivity contribution is 5.84. The van der Waals surface area contributed by atoms with Crippen LogP contribution >= 0.6 is 0 Å². The van der Waals surface area contributed by atoms with Gasteiger partial charge in [0.15, 0.2) is 11.6 Å². The maximum atomic E-state index is 13.8. The van der Waals surface area contributed by atoms with Crippen LogP contribution in [-0.2, 0) is 17.1 Å². The summed E-state index contributed by atoms with van der Waals surface area (Å²) in [5.74, 6) is -1.99. The van der Waals surface area contributed by atoms with Crippen molar-refractivity contribution in [1.82, 2.24) is 5.32 Å². The zero-order valence-electron chi connectivity index (χ0n) is 29.2. The quantitative estimate of drug-likeness (QED) is 0.0681. The van der Waals surface area contributed by atoms with Gasteiger partial charge in [-0.3, -0.25) is 4.79 Å². The summed E-state index contributed by atoms with van der Waals surface area (Å²) in [4.78, 5) is 10.7. The smallest absolute Gasteiger partial charge is 0.375 e. The lowest BCUT2D eigenvalue weighted by Crippen LogP contribution is -2.22. The topological polar surface area (TPSA) is 41.1 Å². The van der Waals surface area contributed by atoms with Gasteiger partial charge in [-0.1, -0.05) is 90.0 Å². The standard InChI is InChI=1S/C20H21F5N2O.C17H20F2.C2H6/c1-5-13(11-14(6-2)20(23,24)25)16-12-15(19(3,21)22)7-8-17(16)27-18(26-4)9-10-28;1-5-7-11-17(4,13(3)6-2)12-14-9-8-10-15(18)16(14)19;1-2/h5-12,26-27H,2H2,1,3-4H3;2,8-10H,3,5,7,11-12H2,1,4H3;1-2H3/b13-5+,14-11+,18-9+;;. The van der Waals surface area contributed by atoms with Gasteiger partial charge in [0, 0.05) is 47.8 Å². The number of hydrogen-bond donors (Lipinski definition) is 2. The first-order valence-electron chi connectivity index (χ1n) is 15.7. The van der Waals surface area contributed by atoms with E-state index in [1.54, 1.807) is 6.07 Å². The molecule has 268 valence electrons. The Morgan fingerprint density at radius 1 is 1.06 bits per heavy atom. The molecule has 3 nitrogen and oxygen atoms in total. The molecule has 0 radical (unpaired) electrons. The monoisotopic (exact) mass is 692 g/mol. The first-order chi connectivity index (χ1) is 22.9. The van der Waals surface area contributed by atoms with Crippen molar-refractivity contribution in [3.05, 3.63) is 119 Å². The summed E-state index contributed by atoms with van der Waals surface area (Å²) in [5, 5.41) is 5.51. The molecular formula is C39H47F7N2O. The zero-order chi connectivity index (χ0) is 38.0. The predicted molar refractivity (Wildman–Crippen MR) is 188 cm³/mol. The van der Waals surface area contributed by atoms with Crippen molar-refractivity contribution < 1.29 is 35.5 Å². The molecule has 0 aliphatic heterocycles. The Balaban J connectivity index is 0.000000954. The molecule has 0 bridgehead atoms. The van der Waals surface area contributed by atoms with Gasteiger partial charge in [0.25, 0.3) is 5.92 Å². The Morgan fingerprint density at radius 2 is 1.69 bits per heavy atom. The Hall–Kier alpha value is -4.52. The number of unbranched alkanes of at least 4 members (excludes halogenated alkanes) is 1. The summed E-state index contributed by atoms with van der Waals surface area (Å²) in [6.07, 6.45) is 8.50. The molecule has 1 unspecified atom stereocenters. The van der Waals surface area contributed by atoms with Crippen LogP contribution < -0.4 is 10.6 Å². The zero-order valence-corrected chi connectivity index (χ0v) is 29.2. The second-order valence-electron chi connectivity index (χ2n) is 11.0. The van der Waals surface area contributed by atoms with Crippen LogP contribution in [0.4, 0.5) is 36.4 Å². The minimum atomic E-state index is -4.65. The molecule has 1 atom stereocenters. The number of benzene rings is 2. The van der Waals surface area contributed by atoms with Crippen LogP contribution in [0.25, 0.3) is 5.57 Å². The average molecular weight is 693 g/mol. The minimum Gasteiger partial charge on any atom is -0.375 e. The fourth-order valence-corrected chi connectivity index (χ4v) is 4.50. The van der Waals surface area contributed by atoms with E-state index in [4.69, 9.17) is 6.42 Å². The van der Waals surface area contributed by atoms with Crippen molar-refractivity contribution in [3.8, 4) is 12.3 Å². The summed E-state index contributed by atoms with van der Waals surface area (Å²) in [6.45, 7) is 17.3. The number of carbonyl (C=O) groups excluding carboxylic acids is 1. The maximum absolute atomic E-state index is 13.8. The van der Waals surface area contributed by atoms with Crippen LogP contribution in [-0.4, -0.2) is 19.5 Å². The Labute approximate surface area is 286 Å². The number of hydrogen-bond acceptors (Lipinski definition) is 3. The van der Waals surface area contributed by atoms with E-state index in [1.165, 1.54) is 32.2 Å². The van der Waals surface area contributed by atoms with E-state index in [0.29, 0.717) is 36.8 Å². The van der Waals surface area contributed by atoms with E-state index in [9.17, 15) is 35.5 Å². The van der Waals surface area contributed by atoms with Gasteiger partial charge in [0.05, 0.1) is 5.57 Å². The molecule has 0 heterocycles. The summed E-state index contributed by atoms with van der Waals surface area (Å²) in [5.41, 5.74) is -0.361. The van der Waals surface area contributed by atoms with Crippen molar-refractivity contribution in [2.75, 3.05) is 12.4 Å². The molecule has 10 heteroatoms. The van der Waals surface area contributed by atoms with Gasteiger partial charge >= 0.3 is 6.18 Å². The summed E-state index contributed by atoms with van der Waals surface area (Å²) in [6, 6.07) is 7.84. The highest BCUT2D eigenvalue weighted by Gasteiger charge is 2.32. The van der Waals surface area contributed by atoms with Gasteiger partial charge in [-0.25, -0.2) is 17.6 Å². The van der Waals surface area contributed by atoms with E-state index in [2.05, 4.69) is 36.6 Å². The molecule has 2 rings (SSSR count). The SMILES string of the molecule is C#CC(=C)C(C)(CCCC)Cc1cccc(F)c1F.C=C/C(=C\C(=C/C)c1cc(C(C)(F)F)ccc1N/C(=C/C=O)NC)C(F)(F)F.CC. The number of rotatable bonds is 14. The van der Waals surface area contributed by atoms with Crippen LogP contribution in [0.1, 0.15) is 77.5 Å². The van der Waals surface area contributed by atoms with Crippen LogP contribution in [0.5, 0.6) is 0 Å².